The van der Waals surface area contributed by atoms with Gasteiger partial charge in [-0.3, -0.25) is 9.58 Å². The third-order valence-electron chi connectivity index (χ3n) is 5.11. The van der Waals surface area contributed by atoms with E-state index < -0.39 is 24.3 Å². The van der Waals surface area contributed by atoms with Crippen LogP contribution < -0.4 is 5.32 Å². The van der Waals surface area contributed by atoms with Crippen molar-refractivity contribution >= 4 is 17.8 Å². The minimum Gasteiger partial charge on any atom is -0.475 e. The molecule has 2 aromatic heterocycles. The number of carboxylic acids is 2. The van der Waals surface area contributed by atoms with Crippen LogP contribution in [0.15, 0.2) is 67.0 Å². The first-order valence-corrected chi connectivity index (χ1v) is 11.3. The fourth-order valence-electron chi connectivity index (χ4n) is 3.43. The van der Waals surface area contributed by atoms with E-state index >= 15 is 0 Å². The predicted octanol–water partition coefficient (Wildman–Crippen LogP) is 4.29. The van der Waals surface area contributed by atoms with Crippen LogP contribution in [0.25, 0.3) is 0 Å². The van der Waals surface area contributed by atoms with Gasteiger partial charge in [0.1, 0.15) is 5.82 Å². The van der Waals surface area contributed by atoms with Gasteiger partial charge in [-0.1, -0.05) is 36.4 Å². The van der Waals surface area contributed by atoms with Crippen molar-refractivity contribution in [2.45, 2.75) is 32.0 Å². The van der Waals surface area contributed by atoms with Gasteiger partial charge in [0.15, 0.2) is 0 Å². The number of hydrogen-bond acceptors (Lipinski definition) is 6. The van der Waals surface area contributed by atoms with Crippen LogP contribution in [-0.2, 0) is 29.2 Å². The topological polar surface area (TPSA) is 121 Å². The largest absolute Gasteiger partial charge is 0.490 e. The summed E-state index contributed by atoms with van der Waals surface area (Å²) in [7, 11) is 0. The number of pyridine rings is 1. The van der Waals surface area contributed by atoms with Crippen LogP contribution in [0.3, 0.4) is 0 Å². The summed E-state index contributed by atoms with van der Waals surface area (Å²) < 4.78 is 65.6. The maximum Gasteiger partial charge on any atom is 0.490 e. The molecule has 212 valence electrons. The molecule has 4 rings (SSSR count). The van der Waals surface area contributed by atoms with E-state index in [-0.39, 0.29) is 0 Å². The summed E-state index contributed by atoms with van der Waals surface area (Å²) in [4.78, 5) is 24.7. The van der Waals surface area contributed by atoms with Gasteiger partial charge in [0, 0.05) is 51.0 Å². The van der Waals surface area contributed by atoms with Crippen molar-refractivity contribution in [3.63, 3.8) is 0 Å². The van der Waals surface area contributed by atoms with Gasteiger partial charge in [-0.25, -0.2) is 14.6 Å². The number of rotatable bonds is 5. The van der Waals surface area contributed by atoms with Gasteiger partial charge in [0.25, 0.3) is 0 Å². The summed E-state index contributed by atoms with van der Waals surface area (Å²) in [6, 6.07) is 18.8. The average Bonchev–Trinajstić information content (AvgIpc) is 3.22. The molecule has 1 atom stereocenters. The van der Waals surface area contributed by atoms with Crippen molar-refractivity contribution in [3.05, 3.63) is 78.2 Å². The van der Waals surface area contributed by atoms with Gasteiger partial charge >= 0.3 is 24.3 Å². The normalized spacial score (nSPS) is 15.4. The van der Waals surface area contributed by atoms with Gasteiger partial charge in [0.2, 0.25) is 0 Å². The van der Waals surface area contributed by atoms with E-state index in [1.165, 1.54) is 11.3 Å². The summed E-state index contributed by atoms with van der Waals surface area (Å²) in [6.07, 6.45) is -6.44. The minimum atomic E-state index is -5.08. The fraction of sp³-hybridized carbons (Fsp3) is 0.333. The summed E-state index contributed by atoms with van der Waals surface area (Å²) in [5, 5.41) is 22.2. The molecule has 0 saturated heterocycles. The van der Waals surface area contributed by atoms with Gasteiger partial charge in [-0.2, -0.15) is 31.4 Å². The second-order valence-electron chi connectivity index (χ2n) is 8.23. The fourth-order valence-corrected chi connectivity index (χ4v) is 3.43. The molecule has 1 aliphatic heterocycles. The maximum atomic E-state index is 10.6. The van der Waals surface area contributed by atoms with E-state index in [1.807, 2.05) is 30.6 Å². The van der Waals surface area contributed by atoms with Crippen molar-refractivity contribution < 1.29 is 46.1 Å². The van der Waals surface area contributed by atoms with Crippen molar-refractivity contribution in [1.29, 1.82) is 0 Å². The minimum absolute atomic E-state index is 0.479. The van der Waals surface area contributed by atoms with Gasteiger partial charge < -0.3 is 15.5 Å². The Hall–Kier alpha value is -4.14. The molecule has 0 amide bonds. The Bertz CT molecular complexity index is 1150. The first-order chi connectivity index (χ1) is 18.3. The first-order valence-electron chi connectivity index (χ1n) is 11.3. The lowest BCUT2D eigenvalue weighted by molar-refractivity contribution is -0.193. The molecule has 0 bridgehead atoms. The third kappa shape index (κ3) is 11.4. The molecular formula is C24H25F6N5O4. The lowest BCUT2D eigenvalue weighted by atomic mass is 10.1. The van der Waals surface area contributed by atoms with Crippen LogP contribution >= 0.6 is 0 Å². The van der Waals surface area contributed by atoms with Crippen LogP contribution in [0.1, 0.15) is 11.3 Å². The number of carboxylic acid groups (broad SMARTS) is 2. The second-order valence-corrected chi connectivity index (χ2v) is 8.23. The molecule has 1 unspecified atom stereocenters. The molecule has 0 radical (unpaired) electrons. The SMILES string of the molecule is O=C(O)C(F)(F)F.O=C(O)C(F)(F)F.c1ccc(CN2Cc3ccnn3CC(CNc3ccccn3)C2)cc1. The molecule has 15 heteroatoms. The first kappa shape index (κ1) is 31.1. The summed E-state index contributed by atoms with van der Waals surface area (Å²) >= 11 is 0. The van der Waals surface area contributed by atoms with Gasteiger partial charge in [0.05, 0.1) is 5.69 Å². The zero-order valence-electron chi connectivity index (χ0n) is 20.2. The molecule has 0 aliphatic carbocycles. The highest BCUT2D eigenvalue weighted by molar-refractivity contribution is 5.73. The molecule has 3 heterocycles. The van der Waals surface area contributed by atoms with Gasteiger partial charge in [-0.05, 0) is 23.8 Å². The Balaban J connectivity index is 0.000000317. The second kappa shape index (κ2) is 14.1. The summed E-state index contributed by atoms with van der Waals surface area (Å²) in [6.45, 7) is 4.77. The number of benzene rings is 1. The molecule has 1 aromatic carbocycles. The highest BCUT2D eigenvalue weighted by Gasteiger charge is 2.38. The molecule has 3 aromatic rings. The van der Waals surface area contributed by atoms with E-state index in [0.717, 1.165) is 38.5 Å². The Labute approximate surface area is 218 Å². The van der Waals surface area contributed by atoms with E-state index in [1.54, 1.807) is 0 Å². The lowest BCUT2D eigenvalue weighted by Gasteiger charge is -2.24. The monoisotopic (exact) mass is 561 g/mol. The molecule has 0 spiro atoms. The van der Waals surface area contributed by atoms with Crippen molar-refractivity contribution in [2.75, 3.05) is 18.4 Å². The van der Waals surface area contributed by atoms with E-state index in [0.29, 0.717) is 5.92 Å². The number of fused-ring (bicyclic) bond motifs is 1. The summed E-state index contributed by atoms with van der Waals surface area (Å²) in [5.41, 5.74) is 2.64. The Morgan fingerprint density at radius 1 is 0.872 bits per heavy atom. The molecule has 9 nitrogen and oxygen atoms in total. The molecule has 1 aliphatic rings. The number of aliphatic carboxylic acids is 2. The van der Waals surface area contributed by atoms with Gasteiger partial charge in [-0.15, -0.1) is 0 Å². The summed E-state index contributed by atoms with van der Waals surface area (Å²) in [5.74, 6) is -4.10. The van der Waals surface area contributed by atoms with Crippen molar-refractivity contribution in [2.24, 2.45) is 5.92 Å². The van der Waals surface area contributed by atoms with E-state index in [4.69, 9.17) is 19.8 Å². The number of anilines is 1. The number of halogens is 6. The number of carbonyl (C=O) groups is 2. The maximum absolute atomic E-state index is 10.6. The zero-order chi connectivity index (χ0) is 29.1. The van der Waals surface area contributed by atoms with Crippen molar-refractivity contribution in [1.82, 2.24) is 19.7 Å². The lowest BCUT2D eigenvalue weighted by Crippen LogP contribution is -2.31. The molecule has 0 saturated carbocycles. The van der Waals surface area contributed by atoms with Crippen LogP contribution in [0.5, 0.6) is 0 Å². The van der Waals surface area contributed by atoms with Crippen LogP contribution in [0.4, 0.5) is 32.2 Å². The number of nitrogens with zero attached hydrogens (tertiary/aromatic N) is 4. The van der Waals surface area contributed by atoms with Crippen LogP contribution in [-0.4, -0.2) is 67.3 Å². The highest BCUT2D eigenvalue weighted by atomic mass is 19.4. The van der Waals surface area contributed by atoms with E-state index in [9.17, 15) is 26.3 Å². The molecule has 0 fully saturated rings. The van der Waals surface area contributed by atoms with Crippen LogP contribution in [0.2, 0.25) is 0 Å². The van der Waals surface area contributed by atoms with E-state index in [2.05, 4.69) is 61.4 Å². The molecule has 3 N–H and O–H groups in total. The Morgan fingerprint density at radius 2 is 1.46 bits per heavy atom. The van der Waals surface area contributed by atoms with Crippen molar-refractivity contribution in [3.8, 4) is 0 Å². The molecular weight excluding hydrogens is 536 g/mol. The Morgan fingerprint density at radius 3 is 2.00 bits per heavy atom. The zero-order valence-corrected chi connectivity index (χ0v) is 20.2. The number of nitrogens with one attached hydrogen (secondary N) is 1. The van der Waals surface area contributed by atoms with Crippen LogP contribution in [0, 0.1) is 5.92 Å². The smallest absolute Gasteiger partial charge is 0.475 e. The average molecular weight is 561 g/mol. The number of alkyl halides is 6. The predicted molar refractivity (Wildman–Crippen MR) is 126 cm³/mol. The highest BCUT2D eigenvalue weighted by Crippen LogP contribution is 2.19. The standard InChI is InChI=1S/C20H23N5.2C2HF3O2/c1-2-6-17(7-3-1)13-24-14-18(12-22-20-8-4-5-10-21-20)15-25-19(16-24)9-11-23-25;2*3-2(4,5)1(6)7/h1-11,18H,12-16H2,(H,21,22);2*(H,6,7). The molecule has 39 heavy (non-hydrogen) atoms. The number of hydrogen-bond donors (Lipinski definition) is 3. The Kier molecular flexibility index (Phi) is 11.3. The number of aromatic nitrogens is 3. The third-order valence-corrected chi connectivity index (χ3v) is 5.11. The quantitative estimate of drug-likeness (QED) is 0.395.